The molecule has 0 heterocycles. The van der Waals surface area contributed by atoms with Crippen LogP contribution in [0.2, 0.25) is 0 Å². The Bertz CT molecular complexity index is 311. The van der Waals surface area contributed by atoms with E-state index in [-0.39, 0.29) is 16.7 Å². The molecule has 1 fully saturated rings. The van der Waals surface area contributed by atoms with Crippen LogP contribution >= 0.6 is 11.8 Å². The topological polar surface area (TPSA) is 0 Å². The van der Waals surface area contributed by atoms with Crippen molar-refractivity contribution < 1.29 is 13.2 Å². The van der Waals surface area contributed by atoms with Crippen LogP contribution in [0.4, 0.5) is 13.2 Å². The van der Waals surface area contributed by atoms with Gasteiger partial charge in [0.25, 0.3) is 0 Å². The van der Waals surface area contributed by atoms with Gasteiger partial charge in [-0.05, 0) is 48.2 Å². The first-order chi connectivity index (χ1) is 6.54. The van der Waals surface area contributed by atoms with Crippen LogP contribution in [-0.4, -0.2) is 5.51 Å². The van der Waals surface area contributed by atoms with Crippen molar-refractivity contribution in [1.82, 2.24) is 0 Å². The van der Waals surface area contributed by atoms with Crippen molar-refractivity contribution in [2.45, 2.75) is 22.7 Å². The Kier molecular flexibility index (Phi) is 2.47. The van der Waals surface area contributed by atoms with E-state index in [2.05, 4.69) is 6.42 Å². The Balaban J connectivity index is 2.06. The van der Waals surface area contributed by atoms with Gasteiger partial charge in [-0.2, -0.15) is 13.2 Å². The van der Waals surface area contributed by atoms with Crippen LogP contribution < -0.4 is 0 Å². The Hall–Kier alpha value is -0.640. The largest absolute Gasteiger partial charge is 0.446 e. The molecular formula is C10H8F3S. The molecule has 1 aliphatic rings. The van der Waals surface area contributed by atoms with Crippen molar-refractivity contribution in [2.24, 2.45) is 0 Å². The molecular weight excluding hydrogens is 209 g/mol. The van der Waals surface area contributed by atoms with Crippen molar-refractivity contribution in [3.63, 3.8) is 0 Å². The molecule has 2 rings (SSSR count). The highest BCUT2D eigenvalue weighted by atomic mass is 32.2. The predicted molar refractivity (Wildman–Crippen MR) is 50.0 cm³/mol. The zero-order chi connectivity index (χ0) is 10.2. The highest BCUT2D eigenvalue weighted by molar-refractivity contribution is 8.00. The Morgan fingerprint density at radius 2 is 1.71 bits per heavy atom. The van der Waals surface area contributed by atoms with Crippen molar-refractivity contribution in [3.8, 4) is 0 Å². The van der Waals surface area contributed by atoms with E-state index in [1.807, 2.05) is 0 Å². The lowest BCUT2D eigenvalue weighted by molar-refractivity contribution is -0.0328. The summed E-state index contributed by atoms with van der Waals surface area (Å²) in [5, 5.41) is 0. The highest BCUT2D eigenvalue weighted by Gasteiger charge is 2.29. The third-order valence-corrected chi connectivity index (χ3v) is 2.75. The highest BCUT2D eigenvalue weighted by Crippen LogP contribution is 2.41. The van der Waals surface area contributed by atoms with Gasteiger partial charge in [0.1, 0.15) is 0 Å². The smallest absolute Gasteiger partial charge is 0.160 e. The van der Waals surface area contributed by atoms with Crippen LogP contribution in [-0.2, 0) is 0 Å². The van der Waals surface area contributed by atoms with Gasteiger partial charge < -0.3 is 0 Å². The van der Waals surface area contributed by atoms with Gasteiger partial charge in [-0.15, -0.1) is 0 Å². The maximum atomic E-state index is 12.0. The molecule has 75 valence electrons. The van der Waals surface area contributed by atoms with Gasteiger partial charge in [-0.1, -0.05) is 12.1 Å². The van der Waals surface area contributed by atoms with E-state index in [0.29, 0.717) is 5.92 Å². The molecule has 0 saturated heterocycles. The summed E-state index contributed by atoms with van der Waals surface area (Å²) in [7, 11) is 0. The molecule has 1 aromatic rings. The van der Waals surface area contributed by atoms with Crippen LogP contribution in [0.15, 0.2) is 29.2 Å². The third-order valence-electron chi connectivity index (χ3n) is 2.01. The fourth-order valence-electron chi connectivity index (χ4n) is 1.26. The quantitative estimate of drug-likeness (QED) is 0.675. The van der Waals surface area contributed by atoms with Crippen molar-refractivity contribution in [2.75, 3.05) is 0 Å². The summed E-state index contributed by atoms with van der Waals surface area (Å²) in [6.07, 6.45) is 3.18. The predicted octanol–water partition coefficient (Wildman–Crippen LogP) is 3.99. The van der Waals surface area contributed by atoms with Gasteiger partial charge in [0.05, 0.1) is 0 Å². The minimum absolute atomic E-state index is 0.0686. The molecule has 0 N–H and O–H groups in total. The van der Waals surface area contributed by atoms with Gasteiger partial charge in [-0.25, -0.2) is 0 Å². The average molecular weight is 217 g/mol. The zero-order valence-corrected chi connectivity index (χ0v) is 8.03. The molecule has 14 heavy (non-hydrogen) atoms. The maximum absolute atomic E-state index is 12.0. The summed E-state index contributed by atoms with van der Waals surface area (Å²) < 4.78 is 35.9. The lowest BCUT2D eigenvalue weighted by Gasteiger charge is -2.05. The molecule has 0 spiro atoms. The maximum Gasteiger partial charge on any atom is 0.446 e. The monoisotopic (exact) mass is 217 g/mol. The standard InChI is InChI=1S/C10H8F3S/c11-10(12,13)14-9-5-3-8(4-6-9)7-1-2-7/h1,3-7H,2H2. The summed E-state index contributed by atoms with van der Waals surface area (Å²) in [6.45, 7) is 0. The number of thioether (sulfide) groups is 1. The minimum Gasteiger partial charge on any atom is -0.160 e. The van der Waals surface area contributed by atoms with Crippen LogP contribution in [0.5, 0.6) is 0 Å². The van der Waals surface area contributed by atoms with Crippen molar-refractivity contribution in [1.29, 1.82) is 0 Å². The van der Waals surface area contributed by atoms with Crippen LogP contribution in [0.3, 0.4) is 0 Å². The first-order valence-electron chi connectivity index (χ1n) is 4.24. The molecule has 0 bridgehead atoms. The van der Waals surface area contributed by atoms with Crippen LogP contribution in [0.25, 0.3) is 0 Å². The number of halogens is 3. The molecule has 1 saturated carbocycles. The fraction of sp³-hybridized carbons (Fsp3) is 0.300. The van der Waals surface area contributed by atoms with Crippen LogP contribution in [0, 0.1) is 6.42 Å². The Labute approximate surface area is 84.5 Å². The van der Waals surface area contributed by atoms with E-state index in [4.69, 9.17) is 0 Å². The van der Waals surface area contributed by atoms with Gasteiger partial charge in [0, 0.05) is 4.90 Å². The van der Waals surface area contributed by atoms with E-state index in [0.717, 1.165) is 12.0 Å². The first-order valence-corrected chi connectivity index (χ1v) is 5.05. The van der Waals surface area contributed by atoms with Gasteiger partial charge >= 0.3 is 5.51 Å². The van der Waals surface area contributed by atoms with E-state index >= 15 is 0 Å². The average Bonchev–Trinajstić information content (AvgIpc) is 2.85. The van der Waals surface area contributed by atoms with Gasteiger partial charge in [0.2, 0.25) is 0 Å². The summed E-state index contributed by atoms with van der Waals surface area (Å²) in [4.78, 5) is 0.252. The molecule has 1 atom stereocenters. The van der Waals surface area contributed by atoms with E-state index in [1.54, 1.807) is 12.1 Å². The third kappa shape index (κ3) is 2.67. The lowest BCUT2D eigenvalue weighted by Crippen LogP contribution is -1.98. The normalized spacial score (nSPS) is 17.1. The number of benzene rings is 1. The molecule has 1 radical (unpaired) electrons. The summed E-state index contributed by atoms with van der Waals surface area (Å²) in [5.74, 6) is 0.472. The summed E-state index contributed by atoms with van der Waals surface area (Å²) in [5.41, 5.74) is -3.08. The fourth-order valence-corrected chi connectivity index (χ4v) is 1.80. The number of hydrogen-bond acceptors (Lipinski definition) is 1. The van der Waals surface area contributed by atoms with Gasteiger partial charge in [-0.3, -0.25) is 0 Å². The van der Waals surface area contributed by atoms with E-state index < -0.39 is 5.51 Å². The second kappa shape index (κ2) is 3.50. The molecule has 0 amide bonds. The second-order valence-corrected chi connectivity index (χ2v) is 4.33. The molecule has 1 aliphatic carbocycles. The summed E-state index contributed by atoms with van der Waals surface area (Å²) >= 11 is -0.0686. The molecule has 0 nitrogen and oxygen atoms in total. The number of alkyl halides is 3. The number of rotatable bonds is 2. The minimum atomic E-state index is -4.19. The lowest BCUT2D eigenvalue weighted by atomic mass is 10.1. The molecule has 1 unspecified atom stereocenters. The molecule has 0 aromatic heterocycles. The van der Waals surface area contributed by atoms with E-state index in [9.17, 15) is 13.2 Å². The Morgan fingerprint density at radius 1 is 1.14 bits per heavy atom. The SMILES string of the molecule is FC(F)(F)Sc1ccc(C2[CH]C2)cc1. The van der Waals surface area contributed by atoms with Crippen LogP contribution in [0.1, 0.15) is 17.9 Å². The van der Waals surface area contributed by atoms with Gasteiger partial charge in [0.15, 0.2) is 0 Å². The summed E-state index contributed by atoms with van der Waals surface area (Å²) in [6, 6.07) is 6.59. The molecule has 4 heteroatoms. The second-order valence-electron chi connectivity index (χ2n) is 3.19. The zero-order valence-electron chi connectivity index (χ0n) is 7.21. The van der Waals surface area contributed by atoms with Crippen molar-refractivity contribution in [3.05, 3.63) is 36.2 Å². The molecule has 1 aromatic carbocycles. The van der Waals surface area contributed by atoms with E-state index in [1.165, 1.54) is 12.1 Å². The number of hydrogen-bond donors (Lipinski definition) is 0. The Morgan fingerprint density at radius 3 is 2.14 bits per heavy atom. The first kappa shape index (κ1) is 9.90. The molecule has 0 aliphatic heterocycles. The van der Waals surface area contributed by atoms with Crippen molar-refractivity contribution >= 4 is 11.8 Å².